The molecule has 0 fully saturated rings. The van der Waals surface area contributed by atoms with Gasteiger partial charge in [-0.15, -0.1) is 0 Å². The maximum Gasteiger partial charge on any atom is 0.319 e. The molecule has 0 atom stereocenters. The fourth-order valence-corrected chi connectivity index (χ4v) is 9.67. The van der Waals surface area contributed by atoms with E-state index >= 15 is 0 Å². The summed E-state index contributed by atoms with van der Waals surface area (Å²) in [4.78, 5) is 0. The third-order valence-corrected chi connectivity index (χ3v) is 13.4. The molecule has 0 aliphatic heterocycles. The summed E-state index contributed by atoms with van der Waals surface area (Å²) in [6, 6.07) is 27.3. The monoisotopic (exact) mass is 747 g/mol. The van der Waals surface area contributed by atoms with Crippen molar-refractivity contribution >= 4 is 23.6 Å². The van der Waals surface area contributed by atoms with Crippen LogP contribution in [-0.4, -0.2) is 0 Å². The highest BCUT2D eigenvalue weighted by atomic mass is 32.5. The van der Waals surface area contributed by atoms with Crippen LogP contribution >= 0.6 is 6.49 Å². The molecule has 3 rings (SSSR count). The quantitative estimate of drug-likeness (QED) is 0.0457. The van der Waals surface area contributed by atoms with E-state index in [1.165, 1.54) is 178 Å². The maximum atomic E-state index is 6.68. The predicted molar refractivity (Wildman–Crippen MR) is 233 cm³/mol. The van der Waals surface area contributed by atoms with Crippen LogP contribution in [0.15, 0.2) is 78.9 Å². The number of rotatable bonds is 33. The summed E-state index contributed by atoms with van der Waals surface area (Å²) in [5.41, 5.74) is 2.63. The highest BCUT2D eigenvalue weighted by Crippen LogP contribution is 2.48. The Bertz CT molecular complexity index is 1250. The topological polar surface area (TPSA) is 18.5 Å². The van der Waals surface area contributed by atoms with Gasteiger partial charge in [0.25, 0.3) is 0 Å². The second kappa shape index (κ2) is 29.3. The normalized spacial score (nSPS) is 11.6. The third-order valence-electron chi connectivity index (χ3n) is 10.5. The van der Waals surface area contributed by atoms with E-state index in [0.717, 1.165) is 29.6 Å². The Kier molecular flexibility index (Phi) is 25.0. The molecule has 0 bridgehead atoms. The number of hydrogen-bond donors (Lipinski definition) is 0. The van der Waals surface area contributed by atoms with Crippen molar-refractivity contribution in [2.75, 3.05) is 0 Å². The third kappa shape index (κ3) is 20.4. The summed E-state index contributed by atoms with van der Waals surface area (Å²) in [6.07, 6.45) is 38.0. The molecule has 3 aromatic carbocycles. The Morgan fingerprint density at radius 2 is 0.712 bits per heavy atom. The molecule has 0 aliphatic rings. The number of benzene rings is 3. The Morgan fingerprint density at radius 3 is 1.06 bits per heavy atom. The Balaban J connectivity index is 1.39. The molecule has 290 valence electrons. The lowest BCUT2D eigenvalue weighted by Crippen LogP contribution is -2.14. The first-order valence-corrected chi connectivity index (χ1v) is 24.5. The zero-order chi connectivity index (χ0) is 36.8. The molecule has 0 aliphatic carbocycles. The lowest BCUT2D eigenvalue weighted by molar-refractivity contribution is 0.497. The van der Waals surface area contributed by atoms with E-state index in [0.29, 0.717) is 0 Å². The van der Waals surface area contributed by atoms with E-state index in [1.54, 1.807) is 0 Å². The van der Waals surface area contributed by atoms with Crippen LogP contribution in [0.25, 0.3) is 0 Å². The minimum absolute atomic E-state index is 0.808. The molecule has 0 heterocycles. The van der Waals surface area contributed by atoms with Crippen molar-refractivity contribution in [1.82, 2.24) is 0 Å². The molecule has 0 saturated carbocycles. The van der Waals surface area contributed by atoms with Crippen molar-refractivity contribution in [3.05, 3.63) is 90.0 Å². The van der Waals surface area contributed by atoms with Crippen molar-refractivity contribution < 1.29 is 9.05 Å². The molecule has 3 aromatic rings. The van der Waals surface area contributed by atoms with Gasteiger partial charge in [0, 0.05) is 0 Å². The van der Waals surface area contributed by atoms with Gasteiger partial charge in [0.15, 0.2) is 0 Å². The van der Waals surface area contributed by atoms with Crippen LogP contribution in [0.4, 0.5) is 0 Å². The van der Waals surface area contributed by atoms with E-state index in [1.807, 2.05) is 30.3 Å². The molecule has 52 heavy (non-hydrogen) atoms. The van der Waals surface area contributed by atoms with Crippen molar-refractivity contribution in [1.29, 1.82) is 0 Å². The molecule has 2 nitrogen and oxygen atoms in total. The zero-order valence-corrected chi connectivity index (χ0v) is 35.2. The number of aryl methyl sites for hydroxylation is 2. The maximum absolute atomic E-state index is 6.68. The fraction of sp³-hybridized carbons (Fsp3) is 0.625. The lowest BCUT2D eigenvalue weighted by Gasteiger charge is -2.24. The van der Waals surface area contributed by atoms with Gasteiger partial charge < -0.3 is 9.05 Å². The molecule has 0 unspecified atom stereocenters. The first kappa shape index (κ1) is 44.3. The first-order valence-electron chi connectivity index (χ1n) is 21.9. The zero-order valence-electron chi connectivity index (χ0n) is 33.5. The van der Waals surface area contributed by atoms with Crippen molar-refractivity contribution in [3.8, 4) is 11.5 Å². The average molecular weight is 747 g/mol. The van der Waals surface area contributed by atoms with Crippen LogP contribution in [0, 0.1) is 0 Å². The highest BCUT2D eigenvalue weighted by Gasteiger charge is 2.26. The van der Waals surface area contributed by atoms with Gasteiger partial charge in [-0.2, -0.15) is 0 Å². The van der Waals surface area contributed by atoms with E-state index in [2.05, 4.69) is 62.4 Å². The molecule has 0 N–H and O–H groups in total. The second-order valence-electron chi connectivity index (χ2n) is 15.3. The predicted octanol–water partition coefficient (Wildman–Crippen LogP) is 16.0. The molecular formula is C48H75O2PS. The van der Waals surface area contributed by atoms with Gasteiger partial charge in [-0.1, -0.05) is 210 Å². The van der Waals surface area contributed by atoms with Crippen LogP contribution in [0.2, 0.25) is 0 Å². The minimum Gasteiger partial charge on any atom is -0.432 e. The first-order chi connectivity index (χ1) is 25.6. The number of unbranched alkanes of at least 4 members (excludes halogenated alkanes) is 24. The minimum atomic E-state index is -2.84. The van der Waals surface area contributed by atoms with Crippen molar-refractivity contribution in [2.24, 2.45) is 0 Å². The highest BCUT2D eigenvalue weighted by molar-refractivity contribution is 8.13. The molecule has 0 saturated heterocycles. The summed E-state index contributed by atoms with van der Waals surface area (Å²) < 4.78 is 13.4. The van der Waals surface area contributed by atoms with Crippen molar-refractivity contribution in [3.63, 3.8) is 0 Å². The van der Waals surface area contributed by atoms with Gasteiger partial charge >= 0.3 is 6.49 Å². The summed E-state index contributed by atoms with van der Waals surface area (Å²) in [7, 11) is 0. The van der Waals surface area contributed by atoms with Crippen LogP contribution < -0.4 is 14.4 Å². The van der Waals surface area contributed by atoms with Crippen molar-refractivity contribution in [2.45, 2.75) is 194 Å². The molecule has 4 heteroatoms. The summed E-state index contributed by atoms with van der Waals surface area (Å²) in [6.45, 7) is 1.75. The van der Waals surface area contributed by atoms with E-state index in [-0.39, 0.29) is 0 Å². The summed E-state index contributed by atoms with van der Waals surface area (Å²) >= 11 is 6.28. The van der Waals surface area contributed by atoms with Gasteiger partial charge in [-0.3, -0.25) is 0 Å². The standard InChI is InChI=1S/C48H75O2PS/c1-3-5-7-9-11-13-15-17-19-21-23-25-28-34-44-36-32-38-46(42-44)49-51(52,48-40-30-27-31-41-48)50-47-39-33-37-45(43-47)35-29-26-24-22-20-18-16-14-12-10-8-6-4-2/h27,30-33,36-43H,3-26,28-29,34-35H2,1-2H3. The van der Waals surface area contributed by atoms with E-state index < -0.39 is 6.49 Å². The van der Waals surface area contributed by atoms with Gasteiger partial charge in [-0.05, 0) is 85.0 Å². The van der Waals surface area contributed by atoms with Crippen LogP contribution in [-0.2, 0) is 24.6 Å². The van der Waals surface area contributed by atoms with Crippen LogP contribution in [0.3, 0.4) is 0 Å². The smallest absolute Gasteiger partial charge is 0.319 e. The molecule has 0 spiro atoms. The number of hydrogen-bond acceptors (Lipinski definition) is 3. The second-order valence-corrected chi connectivity index (χ2v) is 18.6. The van der Waals surface area contributed by atoms with Crippen LogP contribution in [0.1, 0.15) is 192 Å². The largest absolute Gasteiger partial charge is 0.432 e. The Labute approximate surface area is 326 Å². The van der Waals surface area contributed by atoms with Crippen LogP contribution in [0.5, 0.6) is 11.5 Å². The summed E-state index contributed by atoms with van der Waals surface area (Å²) in [5.74, 6) is 1.62. The van der Waals surface area contributed by atoms with E-state index in [9.17, 15) is 0 Å². The van der Waals surface area contributed by atoms with Gasteiger partial charge in [0.1, 0.15) is 11.5 Å². The molecule has 0 radical (unpaired) electrons. The molecule has 0 amide bonds. The SMILES string of the molecule is CCCCCCCCCCCCCCCc1cccc(OP(=S)(Oc2cccc(CCCCCCCCCCCCCCC)c2)c2ccccc2)c1. The van der Waals surface area contributed by atoms with Gasteiger partial charge in [0.2, 0.25) is 0 Å². The molecule has 0 aromatic heterocycles. The Morgan fingerprint density at radius 1 is 0.385 bits per heavy atom. The fourth-order valence-electron chi connectivity index (χ4n) is 7.22. The Hall–Kier alpha value is -2.09. The van der Waals surface area contributed by atoms with E-state index in [4.69, 9.17) is 20.9 Å². The average Bonchev–Trinajstić information content (AvgIpc) is 3.16. The summed E-state index contributed by atoms with van der Waals surface area (Å²) in [5, 5.41) is 0.939. The lowest BCUT2D eigenvalue weighted by atomic mass is 10.0. The van der Waals surface area contributed by atoms with Gasteiger partial charge in [-0.25, -0.2) is 0 Å². The van der Waals surface area contributed by atoms with Gasteiger partial charge in [0.05, 0.1) is 5.30 Å². The molecular weight excluding hydrogens is 672 g/mol.